The van der Waals surface area contributed by atoms with Gasteiger partial charge in [-0.3, -0.25) is 4.79 Å². The Morgan fingerprint density at radius 1 is 1.73 bits per heavy atom. The highest BCUT2D eigenvalue weighted by atomic mass is 16.5. The summed E-state index contributed by atoms with van der Waals surface area (Å²) >= 11 is 0. The van der Waals surface area contributed by atoms with E-state index in [1.807, 2.05) is 0 Å². The van der Waals surface area contributed by atoms with Gasteiger partial charge in [0.25, 0.3) is 0 Å². The first kappa shape index (κ1) is 7.00. The molecule has 2 aliphatic rings. The van der Waals surface area contributed by atoms with Crippen molar-refractivity contribution in [1.82, 2.24) is 0 Å². The first-order chi connectivity index (χ1) is 5.21. The fourth-order valence-corrected chi connectivity index (χ4v) is 1.58. The second-order valence-corrected chi connectivity index (χ2v) is 3.10. The highest BCUT2D eigenvalue weighted by Crippen LogP contribution is 2.32. The van der Waals surface area contributed by atoms with E-state index in [4.69, 9.17) is 4.74 Å². The Morgan fingerprint density at radius 3 is 3.36 bits per heavy atom. The molecule has 0 saturated carbocycles. The van der Waals surface area contributed by atoms with Crippen molar-refractivity contribution in [2.45, 2.75) is 24.5 Å². The van der Waals surface area contributed by atoms with Crippen molar-refractivity contribution in [2.24, 2.45) is 0 Å². The normalized spacial score (nSPS) is 42.6. The van der Waals surface area contributed by atoms with E-state index >= 15 is 0 Å². The van der Waals surface area contributed by atoms with Crippen LogP contribution in [0.4, 0.5) is 0 Å². The van der Waals surface area contributed by atoms with Crippen molar-refractivity contribution in [2.75, 3.05) is 6.61 Å². The van der Waals surface area contributed by atoms with Crippen LogP contribution in [0, 0.1) is 0 Å². The van der Waals surface area contributed by atoms with Gasteiger partial charge in [0.15, 0.2) is 5.78 Å². The van der Waals surface area contributed by atoms with Gasteiger partial charge in [0.1, 0.15) is 5.60 Å². The number of carbonyl (C=O) groups excluding carboxylic acids is 1. The Morgan fingerprint density at radius 2 is 2.55 bits per heavy atom. The number of fused-ring (bicyclic) bond motifs is 1. The molecule has 0 radical (unpaired) electrons. The predicted octanol–water partition coefficient (Wildman–Crippen LogP) is 0.0354. The first-order valence-corrected chi connectivity index (χ1v) is 3.77. The van der Waals surface area contributed by atoms with Gasteiger partial charge in [0.2, 0.25) is 0 Å². The van der Waals surface area contributed by atoms with Gasteiger partial charge in [-0.2, -0.15) is 0 Å². The van der Waals surface area contributed by atoms with E-state index in [1.165, 1.54) is 6.08 Å². The number of hydrogen-bond acceptors (Lipinski definition) is 3. The molecule has 0 aromatic carbocycles. The maximum atomic E-state index is 10.9. The zero-order valence-electron chi connectivity index (χ0n) is 6.12. The van der Waals surface area contributed by atoms with Crippen LogP contribution in [0.15, 0.2) is 12.2 Å². The third-order valence-corrected chi connectivity index (χ3v) is 2.32. The average molecular weight is 154 g/mol. The predicted molar refractivity (Wildman–Crippen MR) is 38.1 cm³/mol. The van der Waals surface area contributed by atoms with Crippen LogP contribution >= 0.6 is 0 Å². The van der Waals surface area contributed by atoms with Gasteiger partial charge >= 0.3 is 0 Å². The number of rotatable bonds is 0. The minimum absolute atomic E-state index is 0.0431. The van der Waals surface area contributed by atoms with Crippen molar-refractivity contribution in [3.63, 3.8) is 0 Å². The Balaban J connectivity index is 2.28. The summed E-state index contributed by atoms with van der Waals surface area (Å²) in [5, 5.41) is 9.76. The van der Waals surface area contributed by atoms with Gasteiger partial charge in [0, 0.05) is 12.8 Å². The number of ether oxygens (including phenoxy) is 1. The molecule has 2 rings (SSSR count). The molecular formula is C8H10O3. The molecule has 0 bridgehead atoms. The summed E-state index contributed by atoms with van der Waals surface area (Å²) < 4.78 is 5.21. The van der Waals surface area contributed by atoms with E-state index in [0.29, 0.717) is 19.4 Å². The quantitative estimate of drug-likeness (QED) is 0.535. The van der Waals surface area contributed by atoms with E-state index in [2.05, 4.69) is 0 Å². The number of allylic oxidation sites excluding steroid dienone is 1. The summed E-state index contributed by atoms with van der Waals surface area (Å²) in [7, 11) is 0. The molecule has 11 heavy (non-hydrogen) atoms. The van der Waals surface area contributed by atoms with Crippen LogP contribution in [0.5, 0.6) is 0 Å². The van der Waals surface area contributed by atoms with Crippen LogP contribution in [-0.2, 0) is 9.53 Å². The van der Waals surface area contributed by atoms with Gasteiger partial charge in [0.05, 0.1) is 12.7 Å². The van der Waals surface area contributed by atoms with Gasteiger partial charge in [-0.05, 0) is 12.2 Å². The summed E-state index contributed by atoms with van der Waals surface area (Å²) in [5.41, 5.74) is -0.853. The van der Waals surface area contributed by atoms with Crippen LogP contribution in [0.3, 0.4) is 0 Å². The fraction of sp³-hybridized carbons (Fsp3) is 0.625. The summed E-state index contributed by atoms with van der Waals surface area (Å²) in [5.74, 6) is 0.0431. The smallest absolute Gasteiger partial charge is 0.158 e. The molecule has 1 saturated heterocycles. The van der Waals surface area contributed by atoms with E-state index in [1.54, 1.807) is 6.08 Å². The Kier molecular flexibility index (Phi) is 1.37. The number of hydrogen-bond donors (Lipinski definition) is 1. The van der Waals surface area contributed by atoms with E-state index < -0.39 is 5.60 Å². The maximum Gasteiger partial charge on any atom is 0.158 e. The molecule has 3 heteroatoms. The van der Waals surface area contributed by atoms with Gasteiger partial charge < -0.3 is 9.84 Å². The summed E-state index contributed by atoms with van der Waals surface area (Å²) in [4.78, 5) is 10.9. The second-order valence-electron chi connectivity index (χ2n) is 3.10. The van der Waals surface area contributed by atoms with E-state index in [9.17, 15) is 9.90 Å². The summed E-state index contributed by atoms with van der Waals surface area (Å²) in [6.45, 7) is 0.554. The number of carbonyl (C=O) groups is 1. The lowest BCUT2D eigenvalue weighted by Crippen LogP contribution is -2.40. The SMILES string of the molecule is O=C1C=CC2(O)CCOC2C1. The topological polar surface area (TPSA) is 46.5 Å². The van der Waals surface area contributed by atoms with E-state index in [-0.39, 0.29) is 11.9 Å². The van der Waals surface area contributed by atoms with Crippen LogP contribution in [0.2, 0.25) is 0 Å². The zero-order valence-corrected chi connectivity index (χ0v) is 6.12. The average Bonchev–Trinajstić information content (AvgIpc) is 2.31. The number of ketones is 1. The van der Waals surface area contributed by atoms with Crippen molar-refractivity contribution in [3.05, 3.63) is 12.2 Å². The van der Waals surface area contributed by atoms with Gasteiger partial charge in [-0.15, -0.1) is 0 Å². The lowest BCUT2D eigenvalue weighted by Gasteiger charge is -2.27. The zero-order chi connectivity index (χ0) is 7.90. The van der Waals surface area contributed by atoms with Crippen LogP contribution < -0.4 is 0 Å². The molecule has 60 valence electrons. The highest BCUT2D eigenvalue weighted by molar-refractivity contribution is 5.91. The Labute approximate surface area is 64.7 Å². The molecule has 2 atom stereocenters. The lowest BCUT2D eigenvalue weighted by atomic mass is 9.87. The molecule has 0 aromatic heterocycles. The Hall–Kier alpha value is -0.670. The molecule has 0 spiro atoms. The molecule has 2 unspecified atom stereocenters. The number of aliphatic hydroxyl groups is 1. The summed E-state index contributed by atoms with van der Waals surface area (Å²) in [6, 6.07) is 0. The minimum atomic E-state index is -0.853. The lowest BCUT2D eigenvalue weighted by molar-refractivity contribution is -0.120. The van der Waals surface area contributed by atoms with Crippen molar-refractivity contribution < 1.29 is 14.6 Å². The van der Waals surface area contributed by atoms with E-state index in [0.717, 1.165) is 0 Å². The first-order valence-electron chi connectivity index (χ1n) is 3.77. The molecule has 1 aliphatic carbocycles. The van der Waals surface area contributed by atoms with Crippen LogP contribution in [0.25, 0.3) is 0 Å². The maximum absolute atomic E-state index is 10.9. The fourth-order valence-electron chi connectivity index (χ4n) is 1.58. The molecule has 1 heterocycles. The van der Waals surface area contributed by atoms with Crippen molar-refractivity contribution in [3.8, 4) is 0 Å². The van der Waals surface area contributed by atoms with Crippen LogP contribution in [-0.4, -0.2) is 29.2 Å². The van der Waals surface area contributed by atoms with Crippen LogP contribution in [0.1, 0.15) is 12.8 Å². The molecule has 0 amide bonds. The molecule has 3 nitrogen and oxygen atoms in total. The summed E-state index contributed by atoms with van der Waals surface area (Å²) in [6.07, 6.45) is 3.66. The highest BCUT2D eigenvalue weighted by Gasteiger charge is 2.43. The molecule has 0 aromatic rings. The van der Waals surface area contributed by atoms with Crippen molar-refractivity contribution >= 4 is 5.78 Å². The van der Waals surface area contributed by atoms with Gasteiger partial charge in [-0.25, -0.2) is 0 Å². The molecule has 1 N–H and O–H groups in total. The van der Waals surface area contributed by atoms with Gasteiger partial charge in [-0.1, -0.05) is 0 Å². The second kappa shape index (κ2) is 2.16. The van der Waals surface area contributed by atoms with Crippen molar-refractivity contribution in [1.29, 1.82) is 0 Å². The largest absolute Gasteiger partial charge is 0.383 e. The molecule has 1 fully saturated rings. The standard InChI is InChI=1S/C8H10O3/c9-6-1-2-8(10)3-4-11-7(8)5-6/h1-2,7,10H,3-5H2. The third-order valence-electron chi connectivity index (χ3n) is 2.32. The minimum Gasteiger partial charge on any atom is -0.383 e. The molecule has 1 aliphatic heterocycles. The monoisotopic (exact) mass is 154 g/mol. The Bertz CT molecular complexity index is 221. The third kappa shape index (κ3) is 1.01. The molecular weight excluding hydrogens is 144 g/mol.